The molecule has 106 valence electrons. The average Bonchev–Trinajstić information content (AvgIpc) is 2.37. The molecular formula is C12H12N2O5S. The van der Waals surface area contributed by atoms with E-state index in [0.717, 1.165) is 0 Å². The zero-order valence-corrected chi connectivity index (χ0v) is 11.3. The fourth-order valence-corrected chi connectivity index (χ4v) is 2.82. The van der Waals surface area contributed by atoms with E-state index in [9.17, 15) is 18.0 Å². The van der Waals surface area contributed by atoms with Crippen molar-refractivity contribution in [2.75, 3.05) is 0 Å². The second-order valence-corrected chi connectivity index (χ2v) is 5.91. The van der Waals surface area contributed by atoms with E-state index in [1.165, 1.54) is 37.3 Å². The molecule has 1 amide bonds. The lowest BCUT2D eigenvalue weighted by molar-refractivity contribution is -0.119. The van der Waals surface area contributed by atoms with E-state index in [1.54, 1.807) is 0 Å². The summed E-state index contributed by atoms with van der Waals surface area (Å²) in [5.74, 6) is -0.777. The highest BCUT2D eigenvalue weighted by Crippen LogP contribution is 2.17. The predicted octanol–water partition coefficient (Wildman–Crippen LogP) is -0.0549. The molecule has 0 spiro atoms. The van der Waals surface area contributed by atoms with Gasteiger partial charge in [0.25, 0.3) is 0 Å². The lowest BCUT2D eigenvalue weighted by Gasteiger charge is -2.11. The number of hydrogen-bond acceptors (Lipinski definition) is 5. The highest BCUT2D eigenvalue weighted by atomic mass is 32.2. The molecule has 2 rings (SSSR count). The van der Waals surface area contributed by atoms with Gasteiger partial charge in [-0.15, -0.1) is 0 Å². The van der Waals surface area contributed by atoms with Gasteiger partial charge in [0.1, 0.15) is 5.58 Å². The number of nitrogens with one attached hydrogen (secondary N) is 1. The Bertz CT molecular complexity index is 825. The topological polar surface area (TPSA) is 119 Å². The van der Waals surface area contributed by atoms with Crippen LogP contribution in [0.1, 0.15) is 6.92 Å². The number of rotatable bonds is 4. The third kappa shape index (κ3) is 2.86. The predicted molar refractivity (Wildman–Crippen MR) is 71.5 cm³/mol. The van der Waals surface area contributed by atoms with Crippen molar-refractivity contribution in [1.82, 2.24) is 4.72 Å². The van der Waals surface area contributed by atoms with Crippen molar-refractivity contribution in [2.24, 2.45) is 5.73 Å². The average molecular weight is 296 g/mol. The van der Waals surface area contributed by atoms with Crippen molar-refractivity contribution >= 4 is 26.9 Å². The molecule has 1 atom stereocenters. The van der Waals surface area contributed by atoms with Crippen LogP contribution in [0.4, 0.5) is 0 Å². The number of nitrogens with two attached hydrogens (primary N) is 1. The monoisotopic (exact) mass is 296 g/mol. The lowest BCUT2D eigenvalue weighted by atomic mass is 10.2. The molecule has 1 heterocycles. The third-order valence-electron chi connectivity index (χ3n) is 2.66. The number of carbonyl (C=O) groups excluding carboxylic acids is 1. The van der Waals surface area contributed by atoms with Gasteiger partial charge in [-0.3, -0.25) is 4.79 Å². The van der Waals surface area contributed by atoms with E-state index in [-0.39, 0.29) is 10.5 Å². The van der Waals surface area contributed by atoms with Gasteiger partial charge >= 0.3 is 5.63 Å². The summed E-state index contributed by atoms with van der Waals surface area (Å²) in [6, 6.07) is 5.62. The maximum Gasteiger partial charge on any atom is 0.336 e. The molecule has 8 heteroatoms. The highest BCUT2D eigenvalue weighted by molar-refractivity contribution is 7.89. The fraction of sp³-hybridized carbons (Fsp3) is 0.167. The van der Waals surface area contributed by atoms with Gasteiger partial charge in [-0.2, -0.15) is 4.72 Å². The second kappa shape index (κ2) is 5.06. The van der Waals surface area contributed by atoms with Gasteiger partial charge in [0.15, 0.2) is 0 Å². The van der Waals surface area contributed by atoms with Crippen LogP contribution in [0.25, 0.3) is 11.0 Å². The second-order valence-electron chi connectivity index (χ2n) is 4.20. The lowest BCUT2D eigenvalue weighted by Crippen LogP contribution is -2.42. The van der Waals surface area contributed by atoms with Gasteiger partial charge in [-0.05, 0) is 31.2 Å². The van der Waals surface area contributed by atoms with E-state index in [0.29, 0.717) is 5.39 Å². The Labute approximate surface area is 114 Å². The highest BCUT2D eigenvalue weighted by Gasteiger charge is 2.20. The molecule has 20 heavy (non-hydrogen) atoms. The quantitative estimate of drug-likeness (QED) is 0.766. The zero-order valence-electron chi connectivity index (χ0n) is 10.5. The van der Waals surface area contributed by atoms with E-state index in [4.69, 9.17) is 10.2 Å². The van der Waals surface area contributed by atoms with Gasteiger partial charge in [0.2, 0.25) is 15.9 Å². The summed E-state index contributed by atoms with van der Waals surface area (Å²) in [5.41, 5.74) is 4.77. The molecule has 3 N–H and O–H groups in total. The molecule has 0 aliphatic rings. The Morgan fingerprint density at radius 3 is 2.65 bits per heavy atom. The Morgan fingerprint density at radius 1 is 1.30 bits per heavy atom. The van der Waals surface area contributed by atoms with E-state index in [2.05, 4.69) is 4.72 Å². The summed E-state index contributed by atoms with van der Waals surface area (Å²) < 4.78 is 31.1. The van der Waals surface area contributed by atoms with Crippen LogP contribution in [0.3, 0.4) is 0 Å². The summed E-state index contributed by atoms with van der Waals surface area (Å²) in [5, 5.41) is 0.458. The molecule has 0 saturated carbocycles. The van der Waals surface area contributed by atoms with Crippen LogP contribution in [0.15, 0.2) is 44.4 Å². The summed E-state index contributed by atoms with van der Waals surface area (Å²) in [6.07, 6.45) is 0. The van der Waals surface area contributed by atoms with Crippen LogP contribution < -0.4 is 16.1 Å². The standard InChI is InChI=1S/C12H12N2O5S/c1-7(12(13)16)14-20(17,18)9-3-4-10-8(6-9)2-5-11(15)19-10/h2-7,14H,1H3,(H2,13,16). The van der Waals surface area contributed by atoms with Crippen molar-refractivity contribution in [3.05, 3.63) is 40.8 Å². The molecule has 1 unspecified atom stereocenters. The minimum Gasteiger partial charge on any atom is -0.423 e. The number of hydrogen-bond donors (Lipinski definition) is 2. The fourth-order valence-electron chi connectivity index (χ4n) is 1.58. The van der Waals surface area contributed by atoms with Crippen LogP contribution in [0.5, 0.6) is 0 Å². The Hall–Kier alpha value is -2.19. The summed E-state index contributed by atoms with van der Waals surface area (Å²) >= 11 is 0. The van der Waals surface area contributed by atoms with E-state index >= 15 is 0 Å². The van der Waals surface area contributed by atoms with Crippen molar-refractivity contribution < 1.29 is 17.6 Å². The number of amides is 1. The molecule has 1 aromatic carbocycles. The van der Waals surface area contributed by atoms with Crippen LogP contribution in [0, 0.1) is 0 Å². The molecule has 0 aliphatic carbocycles. The number of benzene rings is 1. The molecule has 0 radical (unpaired) electrons. The first-order valence-electron chi connectivity index (χ1n) is 5.65. The first-order valence-corrected chi connectivity index (χ1v) is 7.13. The van der Waals surface area contributed by atoms with Crippen molar-refractivity contribution in [2.45, 2.75) is 17.9 Å². The van der Waals surface area contributed by atoms with Crippen molar-refractivity contribution in [1.29, 1.82) is 0 Å². The molecule has 7 nitrogen and oxygen atoms in total. The van der Waals surface area contributed by atoms with Crippen LogP contribution in [-0.2, 0) is 14.8 Å². The van der Waals surface area contributed by atoms with Gasteiger partial charge in [0, 0.05) is 11.5 Å². The molecule has 0 aliphatic heterocycles. The normalized spacial score (nSPS) is 13.2. The zero-order chi connectivity index (χ0) is 14.9. The largest absolute Gasteiger partial charge is 0.423 e. The summed E-state index contributed by atoms with van der Waals surface area (Å²) in [4.78, 5) is 21.9. The number of sulfonamides is 1. The van der Waals surface area contributed by atoms with Gasteiger partial charge in [-0.25, -0.2) is 13.2 Å². The number of fused-ring (bicyclic) bond motifs is 1. The van der Waals surface area contributed by atoms with E-state index < -0.39 is 27.6 Å². The first kappa shape index (κ1) is 14.2. The summed E-state index contributed by atoms with van der Waals surface area (Å²) in [6.45, 7) is 1.35. The Morgan fingerprint density at radius 2 is 2.00 bits per heavy atom. The van der Waals surface area contributed by atoms with Crippen molar-refractivity contribution in [3.63, 3.8) is 0 Å². The summed E-state index contributed by atoms with van der Waals surface area (Å²) in [7, 11) is -3.88. The minimum atomic E-state index is -3.88. The smallest absolute Gasteiger partial charge is 0.336 e. The number of carbonyl (C=O) groups is 1. The molecule has 2 aromatic rings. The number of primary amides is 1. The molecule has 0 bridgehead atoms. The molecular weight excluding hydrogens is 284 g/mol. The molecule has 0 saturated heterocycles. The maximum atomic E-state index is 12.0. The Balaban J connectivity index is 2.44. The third-order valence-corrected chi connectivity index (χ3v) is 4.20. The van der Waals surface area contributed by atoms with Crippen molar-refractivity contribution in [3.8, 4) is 0 Å². The van der Waals surface area contributed by atoms with Crippen LogP contribution >= 0.6 is 0 Å². The van der Waals surface area contributed by atoms with Gasteiger partial charge in [0.05, 0.1) is 10.9 Å². The maximum absolute atomic E-state index is 12.0. The molecule has 0 fully saturated rings. The van der Waals surface area contributed by atoms with E-state index in [1.807, 2.05) is 0 Å². The first-order chi connectivity index (χ1) is 9.29. The van der Waals surface area contributed by atoms with Crippen LogP contribution in [-0.4, -0.2) is 20.4 Å². The Kier molecular flexibility index (Phi) is 3.60. The molecule has 1 aromatic heterocycles. The van der Waals surface area contributed by atoms with Gasteiger partial charge < -0.3 is 10.2 Å². The van der Waals surface area contributed by atoms with Gasteiger partial charge in [-0.1, -0.05) is 0 Å². The van der Waals surface area contributed by atoms with Crippen LogP contribution in [0.2, 0.25) is 0 Å². The minimum absolute atomic E-state index is 0.0491. The SMILES string of the molecule is CC(NS(=O)(=O)c1ccc2oc(=O)ccc2c1)C(N)=O.